The van der Waals surface area contributed by atoms with Gasteiger partial charge < -0.3 is 4.74 Å². The second-order valence-corrected chi connectivity index (χ2v) is 8.87. The number of methoxy groups -OCH3 is 1. The van der Waals surface area contributed by atoms with Crippen LogP contribution in [0.2, 0.25) is 5.02 Å². The van der Waals surface area contributed by atoms with Gasteiger partial charge in [0.05, 0.1) is 35.7 Å². The number of nitrogens with zero attached hydrogens (tertiary/aromatic N) is 3. The summed E-state index contributed by atoms with van der Waals surface area (Å²) in [6, 6.07) is 4.89. The van der Waals surface area contributed by atoms with Crippen LogP contribution in [0.3, 0.4) is 0 Å². The zero-order chi connectivity index (χ0) is 22.9. The summed E-state index contributed by atoms with van der Waals surface area (Å²) in [4.78, 5) is 7.66. The molecule has 0 spiro atoms. The van der Waals surface area contributed by atoms with Gasteiger partial charge in [0.2, 0.25) is 5.88 Å². The van der Waals surface area contributed by atoms with Crippen molar-refractivity contribution in [3.05, 3.63) is 70.8 Å². The van der Waals surface area contributed by atoms with Crippen LogP contribution in [0.25, 0.3) is 10.9 Å². The summed E-state index contributed by atoms with van der Waals surface area (Å²) in [5, 5.41) is 7.55. The molecule has 32 heavy (non-hydrogen) atoms. The fraction of sp³-hybridized carbons (Fsp3) is 0.150. The van der Waals surface area contributed by atoms with Crippen LogP contribution >= 0.6 is 11.6 Å². The minimum Gasteiger partial charge on any atom is -0.480 e. The molecule has 4 aromatic rings. The first-order valence-electron chi connectivity index (χ1n) is 9.25. The van der Waals surface area contributed by atoms with E-state index in [1.165, 1.54) is 13.3 Å². The second kappa shape index (κ2) is 8.67. The molecular weight excluding hydrogens is 464 g/mol. The van der Waals surface area contributed by atoms with Crippen molar-refractivity contribution in [2.45, 2.75) is 17.7 Å². The lowest BCUT2D eigenvalue weighted by atomic mass is 10.1. The van der Waals surface area contributed by atoms with E-state index in [4.69, 9.17) is 16.3 Å². The lowest BCUT2D eigenvalue weighted by Crippen LogP contribution is -2.16. The Hall–Kier alpha value is -3.31. The molecule has 0 radical (unpaired) electrons. The van der Waals surface area contributed by atoms with Gasteiger partial charge in [0.25, 0.3) is 10.0 Å². The molecule has 0 atom stereocenters. The Morgan fingerprint density at radius 3 is 2.72 bits per heavy atom. The number of ether oxygens (including phenoxy) is 1. The number of hydrogen-bond donors (Lipinski definition) is 2. The number of hydrogen-bond acceptors (Lipinski definition) is 6. The summed E-state index contributed by atoms with van der Waals surface area (Å²) < 4.78 is 62.1. The number of nitrogens with one attached hydrogen (secondary N) is 2. The number of halogens is 3. The maximum absolute atomic E-state index is 15.1. The van der Waals surface area contributed by atoms with E-state index in [-0.39, 0.29) is 34.2 Å². The van der Waals surface area contributed by atoms with E-state index in [2.05, 4.69) is 24.9 Å². The standard InChI is InChI=1S/C20H16ClF2N5O3S/c1-31-20-18(7-12(21)9-25-20)32(29,30)28-16-5-4-15(22)14(19(16)23)3-2-13-6-11-8-26-27-17(11)10-24-13/h4-10,28H,2-3H2,1H3,(H,26,27). The number of pyridine rings is 2. The summed E-state index contributed by atoms with van der Waals surface area (Å²) in [7, 11) is -3.09. The van der Waals surface area contributed by atoms with Crippen LogP contribution < -0.4 is 9.46 Å². The van der Waals surface area contributed by atoms with E-state index >= 15 is 4.39 Å². The molecule has 0 amide bonds. The van der Waals surface area contributed by atoms with Crippen LogP contribution in [-0.4, -0.2) is 35.7 Å². The van der Waals surface area contributed by atoms with Gasteiger partial charge in [0, 0.05) is 22.8 Å². The van der Waals surface area contributed by atoms with Gasteiger partial charge in [-0.25, -0.2) is 22.2 Å². The van der Waals surface area contributed by atoms with Crippen molar-refractivity contribution < 1.29 is 21.9 Å². The van der Waals surface area contributed by atoms with Crippen LogP contribution in [-0.2, 0) is 22.9 Å². The van der Waals surface area contributed by atoms with Gasteiger partial charge in [-0.3, -0.25) is 14.8 Å². The Labute approximate surface area is 186 Å². The van der Waals surface area contributed by atoms with Crippen molar-refractivity contribution in [1.82, 2.24) is 20.2 Å². The maximum atomic E-state index is 15.1. The SMILES string of the molecule is COc1ncc(Cl)cc1S(=O)(=O)Nc1ccc(F)c(CCc2cc3cn[nH]c3cn2)c1F. The summed E-state index contributed by atoms with van der Waals surface area (Å²) in [5.41, 5.74) is 0.670. The number of H-pyrrole nitrogens is 1. The van der Waals surface area contributed by atoms with Crippen molar-refractivity contribution in [2.75, 3.05) is 11.8 Å². The summed E-state index contributed by atoms with van der Waals surface area (Å²) in [6.07, 6.45) is 4.62. The van der Waals surface area contributed by atoms with Gasteiger partial charge in [-0.1, -0.05) is 11.6 Å². The molecule has 3 heterocycles. The third kappa shape index (κ3) is 4.34. The highest BCUT2D eigenvalue weighted by Crippen LogP contribution is 2.29. The Bertz CT molecular complexity index is 1410. The molecule has 0 saturated heterocycles. The zero-order valence-electron chi connectivity index (χ0n) is 16.6. The summed E-state index contributed by atoms with van der Waals surface area (Å²) >= 11 is 5.84. The number of fused-ring (bicyclic) bond motifs is 1. The van der Waals surface area contributed by atoms with Crippen molar-refractivity contribution in [3.8, 4) is 5.88 Å². The number of sulfonamides is 1. The molecule has 3 aromatic heterocycles. The van der Waals surface area contributed by atoms with Crippen LogP contribution in [0.4, 0.5) is 14.5 Å². The fourth-order valence-corrected chi connectivity index (χ4v) is 4.56. The summed E-state index contributed by atoms with van der Waals surface area (Å²) in [6.45, 7) is 0. The topological polar surface area (TPSA) is 110 Å². The molecule has 2 N–H and O–H groups in total. The van der Waals surface area contributed by atoms with E-state index < -0.39 is 27.3 Å². The minimum atomic E-state index is -4.32. The number of aromatic amines is 1. The molecule has 0 fully saturated rings. The summed E-state index contributed by atoms with van der Waals surface area (Å²) in [5.74, 6) is -2.03. The van der Waals surface area contributed by atoms with Gasteiger partial charge in [0.15, 0.2) is 10.7 Å². The quantitative estimate of drug-likeness (QED) is 0.416. The Balaban J connectivity index is 1.61. The predicted molar refractivity (Wildman–Crippen MR) is 114 cm³/mol. The average molecular weight is 480 g/mol. The number of anilines is 1. The predicted octanol–water partition coefficient (Wildman–Crippen LogP) is 3.88. The molecule has 0 aliphatic heterocycles. The van der Waals surface area contributed by atoms with E-state index in [1.807, 2.05) is 0 Å². The van der Waals surface area contributed by atoms with Crippen molar-refractivity contribution in [1.29, 1.82) is 0 Å². The zero-order valence-corrected chi connectivity index (χ0v) is 18.1. The lowest BCUT2D eigenvalue weighted by molar-refractivity contribution is 0.385. The van der Waals surface area contributed by atoms with Crippen LogP contribution in [0, 0.1) is 11.6 Å². The average Bonchev–Trinajstić information content (AvgIpc) is 3.23. The van der Waals surface area contributed by atoms with Gasteiger partial charge in [-0.05, 0) is 37.1 Å². The fourth-order valence-electron chi connectivity index (χ4n) is 3.14. The van der Waals surface area contributed by atoms with Crippen LogP contribution in [0.5, 0.6) is 5.88 Å². The molecule has 8 nitrogen and oxygen atoms in total. The highest BCUT2D eigenvalue weighted by molar-refractivity contribution is 7.92. The molecule has 0 unspecified atom stereocenters. The molecule has 4 rings (SSSR count). The van der Waals surface area contributed by atoms with E-state index in [0.717, 1.165) is 29.1 Å². The van der Waals surface area contributed by atoms with Gasteiger partial charge in [-0.2, -0.15) is 5.10 Å². The van der Waals surface area contributed by atoms with E-state index in [0.29, 0.717) is 5.69 Å². The first-order valence-corrected chi connectivity index (χ1v) is 11.1. The van der Waals surface area contributed by atoms with E-state index in [9.17, 15) is 12.8 Å². The van der Waals surface area contributed by atoms with Crippen molar-refractivity contribution in [3.63, 3.8) is 0 Å². The van der Waals surface area contributed by atoms with Gasteiger partial charge >= 0.3 is 0 Å². The van der Waals surface area contributed by atoms with Crippen LogP contribution in [0.15, 0.2) is 47.8 Å². The second-order valence-electron chi connectivity index (χ2n) is 6.79. The van der Waals surface area contributed by atoms with Gasteiger partial charge in [0.1, 0.15) is 5.82 Å². The maximum Gasteiger partial charge on any atom is 0.267 e. The van der Waals surface area contributed by atoms with Crippen LogP contribution in [0.1, 0.15) is 11.3 Å². The first-order chi connectivity index (χ1) is 15.3. The molecule has 0 aliphatic rings. The minimum absolute atomic E-state index is 0.0361. The number of rotatable bonds is 7. The monoisotopic (exact) mass is 479 g/mol. The normalized spacial score (nSPS) is 11.6. The smallest absolute Gasteiger partial charge is 0.267 e. The Kier molecular flexibility index (Phi) is 5.94. The Morgan fingerprint density at radius 1 is 1.12 bits per heavy atom. The van der Waals surface area contributed by atoms with Crippen molar-refractivity contribution >= 4 is 38.2 Å². The molecule has 12 heteroatoms. The molecule has 166 valence electrons. The van der Waals surface area contributed by atoms with Gasteiger partial charge in [-0.15, -0.1) is 0 Å². The third-order valence-corrected chi connectivity index (χ3v) is 6.28. The molecule has 0 bridgehead atoms. The number of aromatic nitrogens is 4. The van der Waals surface area contributed by atoms with Crippen molar-refractivity contribution in [2.24, 2.45) is 0 Å². The third-order valence-electron chi connectivity index (χ3n) is 4.71. The number of benzene rings is 1. The first kappa shape index (κ1) is 21.9. The number of aryl methyl sites for hydroxylation is 1. The molecule has 0 aliphatic carbocycles. The lowest BCUT2D eigenvalue weighted by Gasteiger charge is -2.14. The molecular formula is C20H16ClF2N5O3S. The largest absolute Gasteiger partial charge is 0.480 e. The Morgan fingerprint density at radius 2 is 1.94 bits per heavy atom. The molecule has 0 saturated carbocycles. The van der Waals surface area contributed by atoms with E-state index in [1.54, 1.807) is 18.5 Å². The highest BCUT2D eigenvalue weighted by Gasteiger charge is 2.24. The molecule has 1 aromatic carbocycles. The highest BCUT2D eigenvalue weighted by atomic mass is 35.5.